The molecule has 0 saturated carbocycles. The van der Waals surface area contributed by atoms with Gasteiger partial charge in [-0.15, -0.1) is 0 Å². The highest BCUT2D eigenvalue weighted by Crippen LogP contribution is 2.28. The fraction of sp³-hybridized carbons (Fsp3) is 0.438. The maximum atomic E-state index is 6.05. The zero-order chi connectivity index (χ0) is 14.7. The van der Waals surface area contributed by atoms with E-state index < -0.39 is 0 Å². The van der Waals surface area contributed by atoms with Gasteiger partial charge in [-0.05, 0) is 44.4 Å². The Kier molecular flexibility index (Phi) is 4.45. The predicted molar refractivity (Wildman–Crippen MR) is 81.2 cm³/mol. The minimum absolute atomic E-state index is 0.0854. The molecule has 20 heavy (non-hydrogen) atoms. The first-order valence-corrected chi connectivity index (χ1v) is 7.06. The topological polar surface area (TPSA) is 53.1 Å². The zero-order valence-electron chi connectivity index (χ0n) is 12.7. The van der Waals surface area contributed by atoms with E-state index in [1.165, 1.54) is 5.56 Å². The summed E-state index contributed by atoms with van der Waals surface area (Å²) in [5, 5.41) is 4.44. The first kappa shape index (κ1) is 14.6. The lowest BCUT2D eigenvalue weighted by atomic mass is 10.1. The summed E-state index contributed by atoms with van der Waals surface area (Å²) in [6, 6.07) is 8.24. The maximum absolute atomic E-state index is 6.05. The summed E-state index contributed by atoms with van der Waals surface area (Å²) in [5.74, 6) is 1.63. The predicted octanol–water partition coefficient (Wildman–Crippen LogP) is 2.97. The van der Waals surface area contributed by atoms with Crippen LogP contribution in [0.4, 0.5) is 0 Å². The summed E-state index contributed by atoms with van der Waals surface area (Å²) in [7, 11) is 1.90. The second kappa shape index (κ2) is 6.09. The molecule has 0 fully saturated rings. The number of nitrogens with two attached hydrogens (primary N) is 1. The van der Waals surface area contributed by atoms with Crippen LogP contribution in [0.15, 0.2) is 24.3 Å². The third-order valence-electron chi connectivity index (χ3n) is 3.34. The highest BCUT2D eigenvalue weighted by molar-refractivity contribution is 5.37. The van der Waals surface area contributed by atoms with Crippen molar-refractivity contribution in [1.29, 1.82) is 0 Å². The highest BCUT2D eigenvalue weighted by Gasteiger charge is 2.16. The number of hydrogen-bond acceptors (Lipinski definition) is 3. The summed E-state index contributed by atoms with van der Waals surface area (Å²) < 4.78 is 7.83. The van der Waals surface area contributed by atoms with Crippen molar-refractivity contribution in [3.63, 3.8) is 0 Å². The van der Waals surface area contributed by atoms with E-state index in [2.05, 4.69) is 24.2 Å². The minimum atomic E-state index is 0.0854. The van der Waals surface area contributed by atoms with Crippen LogP contribution in [0.2, 0.25) is 0 Å². The van der Waals surface area contributed by atoms with E-state index in [-0.39, 0.29) is 6.04 Å². The smallest absolute Gasteiger partial charge is 0.221 e. The summed E-state index contributed by atoms with van der Waals surface area (Å²) >= 11 is 0. The number of hydrogen-bond donors (Lipinski definition) is 1. The van der Waals surface area contributed by atoms with Gasteiger partial charge in [-0.3, -0.25) is 0 Å². The second-order valence-corrected chi connectivity index (χ2v) is 5.28. The van der Waals surface area contributed by atoms with Crippen LogP contribution < -0.4 is 10.5 Å². The molecule has 2 rings (SSSR count). The number of ether oxygens (including phenoxy) is 1. The Bertz CT molecular complexity index is 587. The molecule has 0 aliphatic heterocycles. The van der Waals surface area contributed by atoms with Crippen molar-refractivity contribution in [2.75, 3.05) is 0 Å². The SMILES string of the molecule is CCc1cccc(Oc2c(CC(C)N)c(C)nn2C)c1. The molecule has 2 aromatic rings. The van der Waals surface area contributed by atoms with E-state index in [1.807, 2.05) is 33.0 Å². The maximum Gasteiger partial charge on any atom is 0.221 e. The third kappa shape index (κ3) is 3.20. The molecule has 0 radical (unpaired) electrons. The minimum Gasteiger partial charge on any atom is -0.439 e. The molecule has 0 bridgehead atoms. The number of benzene rings is 1. The molecule has 1 unspecified atom stereocenters. The van der Waals surface area contributed by atoms with E-state index >= 15 is 0 Å². The van der Waals surface area contributed by atoms with Crippen molar-refractivity contribution in [1.82, 2.24) is 9.78 Å². The van der Waals surface area contributed by atoms with E-state index in [9.17, 15) is 0 Å². The molecule has 4 heteroatoms. The Morgan fingerprint density at radius 3 is 2.80 bits per heavy atom. The Balaban J connectivity index is 2.32. The summed E-state index contributed by atoms with van der Waals surface area (Å²) in [4.78, 5) is 0. The van der Waals surface area contributed by atoms with E-state index in [0.717, 1.165) is 35.7 Å². The van der Waals surface area contributed by atoms with Crippen LogP contribution in [0, 0.1) is 6.92 Å². The van der Waals surface area contributed by atoms with Crippen molar-refractivity contribution >= 4 is 0 Å². The molecule has 1 heterocycles. The van der Waals surface area contributed by atoms with Gasteiger partial charge in [0.1, 0.15) is 5.75 Å². The molecule has 0 aliphatic carbocycles. The van der Waals surface area contributed by atoms with Crippen LogP contribution in [0.5, 0.6) is 11.6 Å². The van der Waals surface area contributed by atoms with Crippen molar-refractivity contribution in [3.8, 4) is 11.6 Å². The Morgan fingerprint density at radius 1 is 1.40 bits per heavy atom. The number of rotatable bonds is 5. The number of aryl methyl sites for hydroxylation is 3. The van der Waals surface area contributed by atoms with Crippen LogP contribution in [0.25, 0.3) is 0 Å². The summed E-state index contributed by atoms with van der Waals surface area (Å²) in [6.07, 6.45) is 1.76. The molecule has 4 nitrogen and oxygen atoms in total. The van der Waals surface area contributed by atoms with Crippen LogP contribution in [0.3, 0.4) is 0 Å². The van der Waals surface area contributed by atoms with Gasteiger partial charge < -0.3 is 10.5 Å². The summed E-state index contributed by atoms with van der Waals surface area (Å²) in [5.41, 5.74) is 9.24. The Labute approximate surface area is 120 Å². The molecule has 0 aliphatic rings. The van der Waals surface area contributed by atoms with Crippen LogP contribution in [-0.2, 0) is 19.9 Å². The van der Waals surface area contributed by atoms with E-state index in [1.54, 1.807) is 4.68 Å². The highest BCUT2D eigenvalue weighted by atomic mass is 16.5. The normalized spacial score (nSPS) is 12.4. The largest absolute Gasteiger partial charge is 0.439 e. The lowest BCUT2D eigenvalue weighted by Gasteiger charge is -2.11. The van der Waals surface area contributed by atoms with Crippen LogP contribution >= 0.6 is 0 Å². The monoisotopic (exact) mass is 273 g/mol. The molecular weight excluding hydrogens is 250 g/mol. The zero-order valence-corrected chi connectivity index (χ0v) is 12.7. The average molecular weight is 273 g/mol. The fourth-order valence-corrected chi connectivity index (χ4v) is 2.31. The molecule has 1 atom stereocenters. The van der Waals surface area contributed by atoms with Gasteiger partial charge in [0, 0.05) is 18.7 Å². The molecule has 0 amide bonds. The van der Waals surface area contributed by atoms with Gasteiger partial charge in [0.15, 0.2) is 0 Å². The first-order valence-electron chi connectivity index (χ1n) is 7.06. The van der Waals surface area contributed by atoms with Crippen LogP contribution in [-0.4, -0.2) is 15.8 Å². The molecule has 1 aromatic heterocycles. The molecule has 108 valence electrons. The van der Waals surface area contributed by atoms with Gasteiger partial charge in [0.2, 0.25) is 5.88 Å². The standard InChI is InChI=1S/C16H23N3O/c1-5-13-7-6-8-14(10-13)20-16-15(9-11(2)17)12(3)18-19(16)4/h6-8,10-11H,5,9,17H2,1-4H3. The molecule has 1 aromatic carbocycles. The summed E-state index contributed by atoms with van der Waals surface area (Å²) in [6.45, 7) is 6.12. The number of aromatic nitrogens is 2. The van der Waals surface area contributed by atoms with Gasteiger partial charge >= 0.3 is 0 Å². The Morgan fingerprint density at radius 2 is 2.15 bits per heavy atom. The lowest BCUT2D eigenvalue weighted by molar-refractivity contribution is 0.424. The average Bonchev–Trinajstić information content (AvgIpc) is 2.65. The molecule has 0 spiro atoms. The van der Waals surface area contributed by atoms with Gasteiger partial charge in [-0.25, -0.2) is 4.68 Å². The number of nitrogens with zero attached hydrogens (tertiary/aromatic N) is 2. The van der Waals surface area contributed by atoms with E-state index in [4.69, 9.17) is 10.5 Å². The second-order valence-electron chi connectivity index (χ2n) is 5.28. The van der Waals surface area contributed by atoms with Crippen molar-refractivity contribution in [2.24, 2.45) is 12.8 Å². The first-order chi connectivity index (χ1) is 9.51. The van der Waals surface area contributed by atoms with Gasteiger partial charge in [0.25, 0.3) is 0 Å². The van der Waals surface area contributed by atoms with Crippen molar-refractivity contribution in [2.45, 2.75) is 39.7 Å². The van der Waals surface area contributed by atoms with Gasteiger partial charge in [-0.2, -0.15) is 5.10 Å². The molecular formula is C16H23N3O. The Hall–Kier alpha value is -1.81. The third-order valence-corrected chi connectivity index (χ3v) is 3.34. The molecule has 2 N–H and O–H groups in total. The van der Waals surface area contributed by atoms with Crippen molar-refractivity contribution in [3.05, 3.63) is 41.1 Å². The van der Waals surface area contributed by atoms with E-state index in [0.29, 0.717) is 0 Å². The fourth-order valence-electron chi connectivity index (χ4n) is 2.31. The van der Waals surface area contributed by atoms with Gasteiger partial charge in [0.05, 0.1) is 5.69 Å². The molecule has 0 saturated heterocycles. The lowest BCUT2D eigenvalue weighted by Crippen LogP contribution is -2.18. The van der Waals surface area contributed by atoms with Gasteiger partial charge in [-0.1, -0.05) is 19.1 Å². The quantitative estimate of drug-likeness (QED) is 0.911. The van der Waals surface area contributed by atoms with Crippen LogP contribution in [0.1, 0.15) is 30.7 Å². The van der Waals surface area contributed by atoms with Crippen molar-refractivity contribution < 1.29 is 4.74 Å².